The molecule has 0 spiro atoms. The number of hydrogen-bond donors (Lipinski definition) is 0. The van der Waals surface area contributed by atoms with E-state index in [0.717, 1.165) is 113 Å². The average molecular weight is 1390 g/mol. The molecule has 18 aromatic rings. The topological polar surface area (TPSA) is 55.4 Å². The van der Waals surface area contributed by atoms with Gasteiger partial charge in [-0.15, -0.1) is 0 Å². The molecule has 0 saturated heterocycles. The van der Waals surface area contributed by atoms with Gasteiger partial charge in [0.25, 0.3) is 20.1 Å². The Labute approximate surface area is 631 Å². The lowest BCUT2D eigenvalue weighted by Gasteiger charge is -2.33. The molecule has 6 heterocycles. The Morgan fingerprint density at radius 3 is 0.752 bits per heavy atom. The first-order valence-corrected chi connectivity index (χ1v) is 37.2. The predicted molar refractivity (Wildman–Crippen MR) is 450 cm³/mol. The lowest BCUT2D eigenvalue weighted by Crippen LogP contribution is -2.57. The van der Waals surface area contributed by atoms with Crippen LogP contribution in [0.4, 0.5) is 0 Å². The Kier molecular flexibility index (Phi) is 14.5. The van der Waals surface area contributed by atoms with Crippen molar-refractivity contribution < 1.29 is 28.4 Å². The van der Waals surface area contributed by atoms with Crippen molar-refractivity contribution in [2.45, 2.75) is 0 Å². The second-order valence-electron chi connectivity index (χ2n) is 28.7. The summed E-state index contributed by atoms with van der Waals surface area (Å²) in [6.45, 7) is 0.266. The van der Waals surface area contributed by atoms with Gasteiger partial charge >= 0.3 is 0 Å². The fraction of sp³-hybridized carbons (Fsp3) is 0. The van der Waals surface area contributed by atoms with E-state index in [4.69, 9.17) is 28.4 Å². The zero-order valence-corrected chi connectivity index (χ0v) is 58.9. The second kappa shape index (κ2) is 25.4. The molecule has 0 aromatic heterocycles. The predicted octanol–water partition coefficient (Wildman–Crippen LogP) is 20.2. The first-order valence-electron chi connectivity index (χ1n) is 37.2. The van der Waals surface area contributed by atoms with Crippen LogP contribution in [0.3, 0.4) is 0 Å². The monoisotopic (exact) mass is 1390 g/mol. The number of fused-ring (bicyclic) bond motifs is 17. The van der Waals surface area contributed by atoms with Gasteiger partial charge in [0, 0.05) is 16.4 Å². The van der Waals surface area contributed by atoms with Gasteiger partial charge in [0.1, 0.15) is 69.0 Å². The number of para-hydroxylation sites is 6. The van der Waals surface area contributed by atoms with Crippen LogP contribution in [0.25, 0.3) is 98.7 Å². The molecule has 6 aliphatic rings. The van der Waals surface area contributed by atoms with E-state index >= 15 is 0 Å². The molecule has 0 aliphatic carbocycles. The Bertz CT molecular complexity index is 6580. The summed E-state index contributed by atoms with van der Waals surface area (Å²) in [4.78, 5) is 0. The maximum Gasteiger partial charge on any atom is 0.260 e. The van der Waals surface area contributed by atoms with Crippen LogP contribution in [-0.2, 0) is 0 Å². The van der Waals surface area contributed by atoms with Crippen LogP contribution >= 0.6 is 0 Å². The van der Waals surface area contributed by atoms with Crippen LogP contribution in [0.2, 0.25) is 0 Å². The third-order valence-electron chi connectivity index (χ3n) is 22.6. The normalized spacial score (nSPS) is 12.8. The van der Waals surface area contributed by atoms with Crippen molar-refractivity contribution in [3.05, 3.63) is 370 Å². The fourth-order valence-electron chi connectivity index (χ4n) is 17.7. The maximum atomic E-state index is 6.55. The number of hydrogen-bond acceptors (Lipinski definition) is 6. The first kappa shape index (κ1) is 62.4. The minimum absolute atomic E-state index is 0.0825. The summed E-state index contributed by atoms with van der Waals surface area (Å²) < 4.78 is 39.2. The van der Waals surface area contributed by atoms with Gasteiger partial charge in [-0.25, -0.2) is 0 Å². The van der Waals surface area contributed by atoms with Crippen LogP contribution in [0, 0.1) is 0 Å². The summed E-state index contributed by atoms with van der Waals surface area (Å²) in [5.41, 5.74) is 22.0. The van der Waals surface area contributed by atoms with Gasteiger partial charge in [0.2, 0.25) is 0 Å². The molecule has 0 unspecified atom stereocenters. The van der Waals surface area contributed by atoms with Gasteiger partial charge in [-0.3, -0.25) is 0 Å². The average Bonchev–Trinajstić information content (AvgIpc) is 0.729. The molecule has 9 heteroatoms. The molecule has 0 atom stereocenters. The zero-order valence-electron chi connectivity index (χ0n) is 58.9. The zero-order chi connectivity index (χ0) is 71.6. The van der Waals surface area contributed by atoms with E-state index in [-0.39, 0.29) is 20.1 Å². The highest BCUT2D eigenvalue weighted by Crippen LogP contribution is 2.47. The Hall–Kier alpha value is -14.0. The number of benzene rings is 18. The molecule has 0 bridgehead atoms. The molecule has 6 nitrogen and oxygen atoms in total. The Morgan fingerprint density at radius 1 is 0.147 bits per heavy atom. The van der Waals surface area contributed by atoms with E-state index in [0.29, 0.717) is 0 Å². The van der Waals surface area contributed by atoms with Crippen LogP contribution in [-0.4, -0.2) is 20.1 Å². The van der Waals surface area contributed by atoms with Crippen molar-refractivity contribution in [2.75, 3.05) is 0 Å². The summed E-state index contributed by atoms with van der Waals surface area (Å²) in [6.07, 6.45) is 0. The Morgan fingerprint density at radius 2 is 0.385 bits per heavy atom. The van der Waals surface area contributed by atoms with Crippen LogP contribution in [0.1, 0.15) is 0 Å². The largest absolute Gasteiger partial charge is 0.458 e. The molecule has 0 saturated carbocycles. The molecule has 506 valence electrons. The molecule has 0 radical (unpaired) electrons. The van der Waals surface area contributed by atoms with Crippen LogP contribution in [0.15, 0.2) is 370 Å². The summed E-state index contributed by atoms with van der Waals surface area (Å²) in [7, 11) is 0. The second-order valence-corrected chi connectivity index (χ2v) is 28.7. The highest BCUT2D eigenvalue weighted by Gasteiger charge is 2.44. The van der Waals surface area contributed by atoms with Gasteiger partial charge in [0.15, 0.2) is 0 Å². The molecule has 18 aromatic carbocycles. The minimum atomic E-state index is 0.0825. The maximum absolute atomic E-state index is 6.55. The van der Waals surface area contributed by atoms with Crippen molar-refractivity contribution in [3.8, 4) is 125 Å². The summed E-state index contributed by atoms with van der Waals surface area (Å²) >= 11 is 0. The van der Waals surface area contributed by atoms with E-state index < -0.39 is 0 Å². The van der Waals surface area contributed by atoms with E-state index in [1.807, 2.05) is 36.4 Å². The van der Waals surface area contributed by atoms with Crippen LogP contribution < -0.4 is 77.6 Å². The molecule has 0 N–H and O–H groups in total. The fourth-order valence-corrected chi connectivity index (χ4v) is 17.7. The van der Waals surface area contributed by atoms with E-state index in [9.17, 15) is 0 Å². The van der Waals surface area contributed by atoms with E-state index in [1.54, 1.807) is 0 Å². The molecule has 109 heavy (non-hydrogen) atoms. The van der Waals surface area contributed by atoms with E-state index in [1.165, 1.54) is 104 Å². The SMILES string of the molecule is c1ccc(-c2cc3ccccc3cc2-c2cc3c4c(c2)Oc2ccccc2B4c2ccccc2O3)cc1.c1ccc(-c2ccc(-c3cc4c5c(c3)Oc3ccccc3B5c3ccccc3O4)c3ccccc23)cc1.c1ccc2c(c1)Oc1cc(-c3cc4ccccc4c4ccccc34)cc3c1B2c1ccccc1O3. The third kappa shape index (κ3) is 10.4. The highest BCUT2D eigenvalue weighted by atomic mass is 16.5. The van der Waals surface area contributed by atoms with Gasteiger partial charge in [-0.1, -0.05) is 279 Å². The standard InChI is InChI=1S/2C34H21BO2.C32H19BO2/c1-2-10-22(11-3-1)26-18-23-12-4-5-13-24(23)19-27(26)25-20-32-34-33(21-25)37-31-17-9-7-15-29(31)35(34)28-14-6-8-16-30(28)36-32;1-2-10-22(11-3-1)24-18-19-25(27-13-5-4-12-26(24)27)23-20-32-34-33(21-23)37-31-17-9-7-15-29(31)35(34)28-14-6-8-16-30(28)36-32;1-2-10-22-20(9-1)17-25(24-12-4-3-11-23(22)24)21-18-30-32-31(19-21)35-29-16-8-6-14-27(29)33(32)26-13-5-7-15-28(26)34-30/h2*1-21H;1-19H. The molecule has 0 fully saturated rings. The highest BCUT2D eigenvalue weighted by molar-refractivity contribution is 6.99. The van der Waals surface area contributed by atoms with Gasteiger partial charge in [-0.05, 0) is 222 Å². The lowest BCUT2D eigenvalue weighted by molar-refractivity contribution is 0.464. The summed E-state index contributed by atoms with van der Waals surface area (Å²) in [6, 6.07) is 130. The van der Waals surface area contributed by atoms with Crippen molar-refractivity contribution in [1.82, 2.24) is 0 Å². The number of rotatable bonds is 5. The van der Waals surface area contributed by atoms with Crippen molar-refractivity contribution in [2.24, 2.45) is 0 Å². The van der Waals surface area contributed by atoms with Gasteiger partial charge < -0.3 is 28.4 Å². The molecular weight excluding hydrogens is 1330 g/mol. The summed E-state index contributed by atoms with van der Waals surface area (Å²) in [5.74, 6) is 10.6. The minimum Gasteiger partial charge on any atom is -0.458 e. The summed E-state index contributed by atoms with van der Waals surface area (Å²) in [5, 5.41) is 9.83. The van der Waals surface area contributed by atoms with E-state index in [2.05, 4.69) is 334 Å². The van der Waals surface area contributed by atoms with Crippen molar-refractivity contribution in [3.63, 3.8) is 0 Å². The van der Waals surface area contributed by atoms with Crippen LogP contribution in [0.5, 0.6) is 69.0 Å². The van der Waals surface area contributed by atoms with Gasteiger partial charge in [-0.2, -0.15) is 0 Å². The molecule has 0 amide bonds. The number of ether oxygens (including phenoxy) is 6. The lowest BCUT2D eigenvalue weighted by atomic mass is 9.35. The van der Waals surface area contributed by atoms with Crippen molar-refractivity contribution >= 4 is 112 Å². The van der Waals surface area contributed by atoms with Gasteiger partial charge in [0.05, 0.1) is 0 Å². The first-order chi connectivity index (χ1) is 54.0. The molecular formula is C100H61B3O6. The smallest absolute Gasteiger partial charge is 0.260 e. The Balaban J connectivity index is 0.000000101. The third-order valence-corrected chi connectivity index (χ3v) is 22.6. The van der Waals surface area contributed by atoms with Crippen molar-refractivity contribution in [1.29, 1.82) is 0 Å². The quantitative estimate of drug-likeness (QED) is 0.126. The molecule has 24 rings (SSSR count). The molecule has 6 aliphatic heterocycles.